The summed E-state index contributed by atoms with van der Waals surface area (Å²) in [5, 5.41) is 10.9. The van der Waals surface area contributed by atoms with Crippen molar-refractivity contribution in [3.05, 3.63) is 54.5 Å². The molecular formula is C18H21N5O3S2. The highest BCUT2D eigenvalue weighted by Crippen LogP contribution is 2.22. The van der Waals surface area contributed by atoms with Gasteiger partial charge in [0.05, 0.1) is 10.9 Å². The summed E-state index contributed by atoms with van der Waals surface area (Å²) < 4.78 is 30.3. The van der Waals surface area contributed by atoms with Gasteiger partial charge in [0.2, 0.25) is 15.9 Å². The molecule has 0 aliphatic carbocycles. The molecule has 3 aromatic rings. The Morgan fingerprint density at radius 2 is 1.93 bits per heavy atom. The van der Waals surface area contributed by atoms with E-state index in [-0.39, 0.29) is 10.8 Å². The second-order valence-electron chi connectivity index (χ2n) is 6.15. The van der Waals surface area contributed by atoms with Crippen LogP contribution in [0.1, 0.15) is 25.2 Å². The molecule has 148 valence electrons. The first-order chi connectivity index (χ1) is 13.4. The lowest BCUT2D eigenvalue weighted by Crippen LogP contribution is -2.30. The summed E-state index contributed by atoms with van der Waals surface area (Å²) in [5.74, 6) is 1.09. The van der Waals surface area contributed by atoms with Crippen molar-refractivity contribution >= 4 is 39.0 Å². The van der Waals surface area contributed by atoms with E-state index in [4.69, 9.17) is 0 Å². The van der Waals surface area contributed by atoms with E-state index in [0.29, 0.717) is 23.6 Å². The van der Waals surface area contributed by atoms with Crippen LogP contribution in [0, 0.1) is 0 Å². The molecule has 1 unspecified atom stereocenters. The average molecular weight is 420 g/mol. The molecule has 0 saturated carbocycles. The Bertz CT molecular complexity index is 1060. The fraction of sp³-hybridized carbons (Fsp3) is 0.278. The van der Waals surface area contributed by atoms with Crippen molar-refractivity contribution in [1.82, 2.24) is 19.3 Å². The standard InChI is InChI=1S/C18H21N5O3S2/c1-13(24)19-14-6-8-15(9-7-14)28(25,26)22-16(10-12-27-2)18-21-20-17-5-3-4-11-23(17)18/h3-9,11,16,22H,10,12H2,1-2H3,(H,19,24). The Morgan fingerprint density at radius 1 is 1.18 bits per heavy atom. The third-order valence-corrected chi connectivity index (χ3v) is 6.18. The van der Waals surface area contributed by atoms with Gasteiger partial charge in [0.15, 0.2) is 11.5 Å². The zero-order valence-electron chi connectivity index (χ0n) is 15.5. The fourth-order valence-corrected chi connectivity index (χ4v) is 4.45. The van der Waals surface area contributed by atoms with E-state index in [1.165, 1.54) is 19.1 Å². The lowest BCUT2D eigenvalue weighted by molar-refractivity contribution is -0.114. The molecule has 0 radical (unpaired) electrons. The number of anilines is 1. The van der Waals surface area contributed by atoms with E-state index in [1.807, 2.05) is 30.7 Å². The number of nitrogens with one attached hydrogen (secondary N) is 2. The maximum atomic E-state index is 12.9. The first kappa shape index (κ1) is 20.3. The van der Waals surface area contributed by atoms with Gasteiger partial charge in [0, 0.05) is 18.8 Å². The van der Waals surface area contributed by atoms with E-state index in [2.05, 4.69) is 20.2 Å². The van der Waals surface area contributed by atoms with Gasteiger partial charge >= 0.3 is 0 Å². The van der Waals surface area contributed by atoms with Crippen molar-refractivity contribution in [3.8, 4) is 0 Å². The predicted octanol–water partition coefficient (Wildman–Crippen LogP) is 2.46. The molecule has 2 aromatic heterocycles. The summed E-state index contributed by atoms with van der Waals surface area (Å²) in [6, 6.07) is 11.0. The van der Waals surface area contributed by atoms with Crippen molar-refractivity contribution in [1.29, 1.82) is 0 Å². The lowest BCUT2D eigenvalue weighted by atomic mass is 10.2. The van der Waals surface area contributed by atoms with Gasteiger partial charge in [-0.15, -0.1) is 10.2 Å². The van der Waals surface area contributed by atoms with Gasteiger partial charge in [-0.3, -0.25) is 9.20 Å². The number of carbonyl (C=O) groups excluding carboxylic acids is 1. The summed E-state index contributed by atoms with van der Waals surface area (Å²) in [6.45, 7) is 1.39. The number of amides is 1. The third-order valence-electron chi connectivity index (χ3n) is 4.04. The van der Waals surface area contributed by atoms with Crippen LogP contribution in [0.15, 0.2) is 53.6 Å². The number of sulfonamides is 1. The Hall–Kier alpha value is -2.43. The predicted molar refractivity (Wildman–Crippen MR) is 110 cm³/mol. The van der Waals surface area contributed by atoms with E-state index in [0.717, 1.165) is 5.75 Å². The first-order valence-corrected chi connectivity index (χ1v) is 11.5. The SMILES string of the molecule is CSCCC(NS(=O)(=O)c1ccc(NC(C)=O)cc1)c1nnc2ccccn12. The molecule has 1 aromatic carbocycles. The van der Waals surface area contributed by atoms with E-state index < -0.39 is 16.1 Å². The minimum atomic E-state index is -3.78. The molecule has 3 rings (SSSR count). The average Bonchev–Trinajstić information content (AvgIpc) is 3.09. The summed E-state index contributed by atoms with van der Waals surface area (Å²) in [5.41, 5.74) is 1.19. The van der Waals surface area contributed by atoms with Crippen molar-refractivity contribution in [3.63, 3.8) is 0 Å². The molecule has 2 heterocycles. The van der Waals surface area contributed by atoms with Gasteiger partial charge in [0.1, 0.15) is 0 Å². The number of nitrogens with zero attached hydrogens (tertiary/aromatic N) is 3. The molecule has 0 fully saturated rings. The van der Waals surface area contributed by atoms with Crippen molar-refractivity contribution in [2.24, 2.45) is 0 Å². The number of carbonyl (C=O) groups is 1. The van der Waals surface area contributed by atoms with Gasteiger partial charge in [-0.05, 0) is 54.8 Å². The highest BCUT2D eigenvalue weighted by atomic mass is 32.2. The van der Waals surface area contributed by atoms with Crippen LogP contribution < -0.4 is 10.0 Å². The van der Waals surface area contributed by atoms with Gasteiger partial charge in [-0.2, -0.15) is 11.8 Å². The molecule has 1 amide bonds. The number of aromatic nitrogens is 3. The number of thioether (sulfide) groups is 1. The lowest BCUT2D eigenvalue weighted by Gasteiger charge is -2.17. The van der Waals surface area contributed by atoms with Gasteiger partial charge in [-0.25, -0.2) is 13.1 Å². The number of hydrogen-bond donors (Lipinski definition) is 2. The smallest absolute Gasteiger partial charge is 0.241 e. The van der Waals surface area contributed by atoms with Gasteiger partial charge in [-0.1, -0.05) is 6.07 Å². The number of pyridine rings is 1. The number of rotatable bonds is 8. The van der Waals surface area contributed by atoms with E-state index >= 15 is 0 Å². The highest BCUT2D eigenvalue weighted by Gasteiger charge is 2.25. The fourth-order valence-electron chi connectivity index (χ4n) is 2.75. The molecule has 0 aliphatic rings. The Balaban J connectivity index is 1.88. The molecule has 8 nitrogen and oxygen atoms in total. The second kappa shape index (κ2) is 8.72. The molecule has 0 bridgehead atoms. The van der Waals surface area contributed by atoms with Crippen molar-refractivity contribution in [2.45, 2.75) is 24.3 Å². The molecule has 0 spiro atoms. The minimum Gasteiger partial charge on any atom is -0.326 e. The topological polar surface area (TPSA) is 105 Å². The molecule has 10 heteroatoms. The van der Waals surface area contributed by atoms with Crippen molar-refractivity contribution < 1.29 is 13.2 Å². The summed E-state index contributed by atoms with van der Waals surface area (Å²) in [4.78, 5) is 11.2. The quantitative estimate of drug-likeness (QED) is 0.581. The van der Waals surface area contributed by atoms with Crippen LogP contribution in [0.4, 0.5) is 5.69 Å². The number of benzene rings is 1. The Labute approximate surface area is 167 Å². The summed E-state index contributed by atoms with van der Waals surface area (Å²) in [6.07, 6.45) is 4.35. The maximum absolute atomic E-state index is 12.9. The van der Waals surface area contributed by atoms with Crippen LogP contribution in [0.2, 0.25) is 0 Å². The van der Waals surface area contributed by atoms with Gasteiger partial charge in [0.25, 0.3) is 0 Å². The van der Waals surface area contributed by atoms with Crippen LogP contribution in [-0.2, 0) is 14.8 Å². The highest BCUT2D eigenvalue weighted by molar-refractivity contribution is 7.98. The molecule has 2 N–H and O–H groups in total. The molecule has 0 saturated heterocycles. The van der Waals surface area contributed by atoms with Crippen LogP contribution >= 0.6 is 11.8 Å². The minimum absolute atomic E-state index is 0.115. The van der Waals surface area contributed by atoms with Gasteiger partial charge < -0.3 is 5.32 Å². The molecular weight excluding hydrogens is 398 g/mol. The largest absolute Gasteiger partial charge is 0.326 e. The molecule has 0 aliphatic heterocycles. The van der Waals surface area contributed by atoms with Crippen molar-refractivity contribution in [2.75, 3.05) is 17.3 Å². The Kier molecular flexibility index (Phi) is 6.32. The van der Waals surface area contributed by atoms with Crippen LogP contribution in [0.5, 0.6) is 0 Å². The van der Waals surface area contributed by atoms with Crippen LogP contribution in [-0.4, -0.2) is 40.9 Å². The monoisotopic (exact) mass is 419 g/mol. The van der Waals surface area contributed by atoms with Crippen LogP contribution in [0.3, 0.4) is 0 Å². The molecule has 28 heavy (non-hydrogen) atoms. The number of fused-ring (bicyclic) bond motifs is 1. The zero-order chi connectivity index (χ0) is 20.1. The molecule has 1 atom stereocenters. The first-order valence-electron chi connectivity index (χ1n) is 8.59. The van der Waals surface area contributed by atoms with Crippen LogP contribution in [0.25, 0.3) is 5.65 Å². The number of hydrogen-bond acceptors (Lipinski definition) is 6. The second-order valence-corrected chi connectivity index (χ2v) is 8.85. The Morgan fingerprint density at radius 3 is 2.61 bits per heavy atom. The van der Waals surface area contributed by atoms with E-state index in [1.54, 1.807) is 28.3 Å². The maximum Gasteiger partial charge on any atom is 0.241 e. The summed E-state index contributed by atoms with van der Waals surface area (Å²) >= 11 is 1.63. The third kappa shape index (κ3) is 4.70. The normalized spacial score (nSPS) is 12.8. The summed E-state index contributed by atoms with van der Waals surface area (Å²) in [7, 11) is -3.78. The zero-order valence-corrected chi connectivity index (χ0v) is 17.1. The van der Waals surface area contributed by atoms with E-state index in [9.17, 15) is 13.2 Å².